The van der Waals surface area contributed by atoms with Gasteiger partial charge in [-0.05, 0) is 25.5 Å². The largest absolute Gasteiger partial charge is 0.466 e. The number of ether oxygens (including phenoxy) is 1. The van der Waals surface area contributed by atoms with Crippen LogP contribution in [0.1, 0.15) is 25.1 Å². The van der Waals surface area contributed by atoms with E-state index in [0.29, 0.717) is 32.1 Å². The molecular formula is C19H27N5O3. The van der Waals surface area contributed by atoms with Crippen LogP contribution in [0.3, 0.4) is 0 Å². The van der Waals surface area contributed by atoms with E-state index >= 15 is 0 Å². The summed E-state index contributed by atoms with van der Waals surface area (Å²) < 4.78 is 7.42. The second-order valence-corrected chi connectivity index (χ2v) is 7.36. The zero-order valence-corrected chi connectivity index (χ0v) is 16.7. The van der Waals surface area contributed by atoms with E-state index in [-0.39, 0.29) is 24.3 Å². The molecule has 3 heterocycles. The molecule has 146 valence electrons. The van der Waals surface area contributed by atoms with Crippen LogP contribution in [0.15, 0.2) is 6.07 Å². The minimum Gasteiger partial charge on any atom is -0.466 e. The number of fused-ring (bicyclic) bond motifs is 1. The summed E-state index contributed by atoms with van der Waals surface area (Å²) in [7, 11) is 1.81. The Morgan fingerprint density at radius 2 is 1.78 bits per heavy atom. The zero-order valence-electron chi connectivity index (χ0n) is 16.7. The first kappa shape index (κ1) is 19.1. The molecule has 2 aromatic rings. The number of piperazine rings is 1. The fourth-order valence-electron chi connectivity index (χ4n) is 3.41. The van der Waals surface area contributed by atoms with Crippen LogP contribution in [0.25, 0.3) is 11.0 Å². The van der Waals surface area contributed by atoms with Gasteiger partial charge in [-0.25, -0.2) is 9.67 Å². The number of nitrogens with zero attached hydrogens (tertiary/aromatic N) is 5. The number of carbonyl (C=O) groups excluding carboxylic acids is 2. The van der Waals surface area contributed by atoms with Gasteiger partial charge >= 0.3 is 0 Å². The van der Waals surface area contributed by atoms with Gasteiger partial charge in [0.05, 0.1) is 5.39 Å². The maximum atomic E-state index is 12.5. The van der Waals surface area contributed by atoms with Crippen LogP contribution in [0.2, 0.25) is 0 Å². The molecule has 0 aliphatic carbocycles. The molecule has 0 aromatic carbocycles. The van der Waals surface area contributed by atoms with Gasteiger partial charge in [0, 0.05) is 44.8 Å². The SMILES string of the molecule is Cc1cc(C)c2c(OCC(=O)N3CCN(C(=O)C(C)C)CC3)nn(C)c2n1. The Morgan fingerprint density at radius 3 is 2.41 bits per heavy atom. The van der Waals surface area contributed by atoms with E-state index in [4.69, 9.17) is 4.74 Å². The predicted octanol–water partition coefficient (Wildman–Crippen LogP) is 1.29. The van der Waals surface area contributed by atoms with Crippen LogP contribution in [-0.2, 0) is 16.6 Å². The molecular weight excluding hydrogens is 346 g/mol. The highest BCUT2D eigenvalue weighted by Crippen LogP contribution is 2.27. The molecule has 0 N–H and O–H groups in total. The average molecular weight is 373 g/mol. The molecule has 1 aliphatic heterocycles. The van der Waals surface area contributed by atoms with Crippen molar-refractivity contribution in [3.05, 3.63) is 17.3 Å². The Morgan fingerprint density at radius 1 is 1.15 bits per heavy atom. The standard InChI is InChI=1S/C19H27N5O3/c1-12(2)19(26)24-8-6-23(7-9-24)15(25)11-27-18-16-13(3)10-14(4)20-17(16)22(5)21-18/h10,12H,6-9,11H2,1-5H3. The van der Waals surface area contributed by atoms with E-state index in [0.717, 1.165) is 22.3 Å². The first-order valence-corrected chi connectivity index (χ1v) is 9.28. The van der Waals surface area contributed by atoms with Crippen LogP contribution >= 0.6 is 0 Å². The average Bonchev–Trinajstić information content (AvgIpc) is 2.95. The van der Waals surface area contributed by atoms with Gasteiger partial charge in [0.1, 0.15) is 0 Å². The number of aryl methyl sites for hydroxylation is 3. The van der Waals surface area contributed by atoms with Crippen molar-refractivity contribution in [2.75, 3.05) is 32.8 Å². The molecule has 0 bridgehead atoms. The van der Waals surface area contributed by atoms with E-state index in [1.54, 1.807) is 9.58 Å². The number of rotatable bonds is 4. The van der Waals surface area contributed by atoms with Gasteiger partial charge in [-0.3, -0.25) is 9.59 Å². The monoisotopic (exact) mass is 373 g/mol. The second kappa shape index (κ2) is 7.54. The number of pyridine rings is 1. The van der Waals surface area contributed by atoms with Crippen LogP contribution < -0.4 is 4.74 Å². The lowest BCUT2D eigenvalue weighted by Gasteiger charge is -2.35. The van der Waals surface area contributed by atoms with Crippen LogP contribution in [0.4, 0.5) is 0 Å². The molecule has 0 spiro atoms. The Labute approximate surface area is 159 Å². The molecule has 2 amide bonds. The van der Waals surface area contributed by atoms with Crippen molar-refractivity contribution < 1.29 is 14.3 Å². The molecule has 1 aliphatic rings. The topological polar surface area (TPSA) is 80.6 Å². The van der Waals surface area contributed by atoms with Crippen molar-refractivity contribution in [2.24, 2.45) is 13.0 Å². The highest BCUT2D eigenvalue weighted by Gasteiger charge is 2.26. The van der Waals surface area contributed by atoms with Gasteiger partial charge in [-0.15, -0.1) is 5.10 Å². The minimum atomic E-state index is -0.0943. The van der Waals surface area contributed by atoms with Gasteiger partial charge in [-0.1, -0.05) is 13.8 Å². The number of amides is 2. The summed E-state index contributed by atoms with van der Waals surface area (Å²) in [4.78, 5) is 32.6. The Balaban J connectivity index is 1.62. The fraction of sp³-hybridized carbons (Fsp3) is 0.579. The summed E-state index contributed by atoms with van der Waals surface area (Å²) in [6.07, 6.45) is 0. The van der Waals surface area contributed by atoms with Crippen LogP contribution in [-0.4, -0.2) is 69.2 Å². The van der Waals surface area contributed by atoms with Gasteiger partial charge in [-0.2, -0.15) is 0 Å². The van der Waals surface area contributed by atoms with E-state index in [1.807, 2.05) is 45.7 Å². The molecule has 0 unspecified atom stereocenters. The first-order valence-electron chi connectivity index (χ1n) is 9.28. The molecule has 0 saturated carbocycles. The van der Waals surface area contributed by atoms with E-state index < -0.39 is 0 Å². The van der Waals surface area contributed by atoms with Crippen molar-refractivity contribution in [1.82, 2.24) is 24.6 Å². The lowest BCUT2D eigenvalue weighted by molar-refractivity contribution is -0.142. The maximum Gasteiger partial charge on any atom is 0.260 e. The Hall–Kier alpha value is -2.64. The first-order chi connectivity index (χ1) is 12.8. The van der Waals surface area contributed by atoms with E-state index in [1.165, 1.54) is 0 Å². The number of carbonyl (C=O) groups is 2. The van der Waals surface area contributed by atoms with Gasteiger partial charge in [0.25, 0.3) is 5.91 Å². The van der Waals surface area contributed by atoms with E-state index in [9.17, 15) is 9.59 Å². The second-order valence-electron chi connectivity index (χ2n) is 7.36. The zero-order chi connectivity index (χ0) is 19.7. The molecule has 0 radical (unpaired) electrons. The summed E-state index contributed by atoms with van der Waals surface area (Å²) in [6, 6.07) is 1.98. The molecule has 3 rings (SSSR count). The molecule has 8 nitrogen and oxygen atoms in total. The molecule has 27 heavy (non-hydrogen) atoms. The number of hydrogen-bond donors (Lipinski definition) is 0. The molecule has 1 saturated heterocycles. The summed E-state index contributed by atoms with van der Waals surface area (Å²) in [5.41, 5.74) is 2.68. The van der Waals surface area contributed by atoms with Crippen LogP contribution in [0.5, 0.6) is 5.88 Å². The Kier molecular flexibility index (Phi) is 5.34. The highest BCUT2D eigenvalue weighted by molar-refractivity contribution is 5.86. The minimum absolute atomic E-state index is 0.0199. The molecule has 8 heteroatoms. The van der Waals surface area contributed by atoms with Crippen molar-refractivity contribution in [2.45, 2.75) is 27.7 Å². The summed E-state index contributed by atoms with van der Waals surface area (Å²) in [5, 5.41) is 5.21. The normalized spacial score (nSPS) is 14.9. The summed E-state index contributed by atoms with van der Waals surface area (Å²) >= 11 is 0. The smallest absolute Gasteiger partial charge is 0.260 e. The maximum absolute atomic E-state index is 12.5. The van der Waals surface area contributed by atoms with Crippen molar-refractivity contribution in [1.29, 1.82) is 0 Å². The predicted molar refractivity (Wildman–Crippen MR) is 101 cm³/mol. The van der Waals surface area contributed by atoms with Crippen molar-refractivity contribution in [3.8, 4) is 5.88 Å². The quantitative estimate of drug-likeness (QED) is 0.807. The van der Waals surface area contributed by atoms with Gasteiger partial charge in [0.2, 0.25) is 11.8 Å². The van der Waals surface area contributed by atoms with Crippen molar-refractivity contribution >= 4 is 22.8 Å². The fourth-order valence-corrected chi connectivity index (χ4v) is 3.41. The van der Waals surface area contributed by atoms with Crippen LogP contribution in [0, 0.1) is 19.8 Å². The molecule has 0 atom stereocenters. The molecule has 1 fully saturated rings. The third-order valence-electron chi connectivity index (χ3n) is 4.86. The lowest BCUT2D eigenvalue weighted by Crippen LogP contribution is -2.52. The Bertz CT molecular complexity index is 866. The van der Waals surface area contributed by atoms with Gasteiger partial charge in [0.15, 0.2) is 12.3 Å². The molecule has 2 aromatic heterocycles. The third-order valence-corrected chi connectivity index (χ3v) is 4.86. The third kappa shape index (κ3) is 3.89. The van der Waals surface area contributed by atoms with Crippen molar-refractivity contribution in [3.63, 3.8) is 0 Å². The van der Waals surface area contributed by atoms with E-state index in [2.05, 4.69) is 10.1 Å². The number of hydrogen-bond acceptors (Lipinski definition) is 5. The summed E-state index contributed by atoms with van der Waals surface area (Å²) in [5.74, 6) is 0.452. The lowest BCUT2D eigenvalue weighted by atomic mass is 10.1. The van der Waals surface area contributed by atoms with Gasteiger partial charge < -0.3 is 14.5 Å². The number of aromatic nitrogens is 3. The highest BCUT2D eigenvalue weighted by atomic mass is 16.5. The summed E-state index contributed by atoms with van der Waals surface area (Å²) in [6.45, 7) is 9.83.